The molecule has 31 heavy (non-hydrogen) atoms. The molecule has 1 fully saturated rings. The molecule has 0 bridgehead atoms. The van der Waals surface area contributed by atoms with Gasteiger partial charge in [0.25, 0.3) is 0 Å². The number of aromatic nitrogens is 3. The van der Waals surface area contributed by atoms with Crippen LogP contribution in [-0.2, 0) is 14.6 Å². The Morgan fingerprint density at radius 1 is 1.23 bits per heavy atom. The van der Waals surface area contributed by atoms with Crippen molar-refractivity contribution in [3.05, 3.63) is 43.0 Å². The van der Waals surface area contributed by atoms with Gasteiger partial charge in [-0.15, -0.1) is 0 Å². The standard InChI is InChI=1S/C22H26N4O4S/c1-31(29,30)19-9-5-8-16-17(19)14-26(22(16)28)18(12-15-6-3-2-4-7-15)21(27)25-20-13-23-10-11-24-20/h5,8-11,13-15,18,28H,2-4,6-7,12H2,1H3,(H,24,25,27)/t18-/m0/s1. The number of anilines is 1. The molecule has 164 valence electrons. The number of carbonyl (C=O) groups excluding carboxylic acids is 1. The van der Waals surface area contributed by atoms with E-state index in [1.807, 2.05) is 0 Å². The molecule has 1 aromatic carbocycles. The number of amides is 1. The van der Waals surface area contributed by atoms with E-state index in [1.54, 1.807) is 18.3 Å². The zero-order chi connectivity index (χ0) is 22.0. The molecule has 0 radical (unpaired) electrons. The highest BCUT2D eigenvalue weighted by molar-refractivity contribution is 7.91. The van der Waals surface area contributed by atoms with E-state index < -0.39 is 15.9 Å². The van der Waals surface area contributed by atoms with Crippen molar-refractivity contribution in [2.24, 2.45) is 5.92 Å². The smallest absolute Gasteiger partial charge is 0.248 e. The molecule has 0 unspecified atom stereocenters. The minimum Gasteiger partial charge on any atom is -0.494 e. The summed E-state index contributed by atoms with van der Waals surface area (Å²) in [6.45, 7) is 0. The Hall–Kier alpha value is -2.94. The van der Waals surface area contributed by atoms with Gasteiger partial charge in [0.15, 0.2) is 21.5 Å². The Morgan fingerprint density at radius 3 is 2.68 bits per heavy atom. The van der Waals surface area contributed by atoms with E-state index in [9.17, 15) is 18.3 Å². The number of rotatable bonds is 6. The third kappa shape index (κ3) is 4.56. The second-order valence-corrected chi connectivity index (χ2v) is 10.2. The molecule has 1 amide bonds. The molecular weight excluding hydrogens is 416 g/mol. The van der Waals surface area contributed by atoms with Crippen LogP contribution in [0.4, 0.5) is 5.82 Å². The van der Waals surface area contributed by atoms with Crippen LogP contribution in [-0.4, -0.2) is 40.2 Å². The number of benzene rings is 1. The molecule has 1 saturated carbocycles. The van der Waals surface area contributed by atoms with Crippen LogP contribution in [0, 0.1) is 5.92 Å². The fourth-order valence-corrected chi connectivity index (χ4v) is 5.32. The molecule has 1 aliphatic carbocycles. The lowest BCUT2D eigenvalue weighted by Crippen LogP contribution is -2.28. The van der Waals surface area contributed by atoms with Gasteiger partial charge >= 0.3 is 0 Å². The minimum absolute atomic E-state index is 0.115. The van der Waals surface area contributed by atoms with E-state index >= 15 is 0 Å². The number of fused-ring (bicyclic) bond motifs is 1. The van der Waals surface area contributed by atoms with Gasteiger partial charge in [0, 0.05) is 35.6 Å². The first kappa shape index (κ1) is 21.3. The summed E-state index contributed by atoms with van der Waals surface area (Å²) in [6.07, 6.45) is 13.2. The van der Waals surface area contributed by atoms with Gasteiger partial charge in [-0.2, -0.15) is 0 Å². The van der Waals surface area contributed by atoms with Gasteiger partial charge in [-0.1, -0.05) is 38.2 Å². The molecule has 2 aromatic heterocycles. The second kappa shape index (κ2) is 8.66. The molecule has 2 N–H and O–H groups in total. The van der Waals surface area contributed by atoms with Crippen LogP contribution in [0.15, 0.2) is 47.9 Å². The predicted octanol–water partition coefficient (Wildman–Crippen LogP) is 3.69. The lowest BCUT2D eigenvalue weighted by Gasteiger charge is -2.27. The first-order valence-electron chi connectivity index (χ1n) is 10.4. The first-order chi connectivity index (χ1) is 14.8. The predicted molar refractivity (Wildman–Crippen MR) is 118 cm³/mol. The molecule has 8 nitrogen and oxygen atoms in total. The molecule has 0 spiro atoms. The molecule has 3 aromatic rings. The quantitative estimate of drug-likeness (QED) is 0.602. The lowest BCUT2D eigenvalue weighted by molar-refractivity contribution is -0.120. The topological polar surface area (TPSA) is 114 Å². The number of nitrogens with zero attached hydrogens (tertiary/aromatic N) is 3. The zero-order valence-electron chi connectivity index (χ0n) is 17.4. The van der Waals surface area contributed by atoms with Gasteiger partial charge in [-0.3, -0.25) is 9.78 Å². The van der Waals surface area contributed by atoms with Crippen LogP contribution in [0.2, 0.25) is 0 Å². The van der Waals surface area contributed by atoms with Gasteiger partial charge in [-0.05, 0) is 24.5 Å². The average Bonchev–Trinajstić information content (AvgIpc) is 3.09. The minimum atomic E-state index is -3.50. The van der Waals surface area contributed by atoms with Crippen molar-refractivity contribution in [2.45, 2.75) is 49.5 Å². The summed E-state index contributed by atoms with van der Waals surface area (Å²) in [5.41, 5.74) is 0. The molecule has 9 heteroatoms. The highest BCUT2D eigenvalue weighted by Crippen LogP contribution is 2.38. The Morgan fingerprint density at radius 2 is 2.00 bits per heavy atom. The average molecular weight is 443 g/mol. The highest BCUT2D eigenvalue weighted by atomic mass is 32.2. The molecule has 0 aliphatic heterocycles. The molecule has 1 aliphatic rings. The Labute approximate surface area is 181 Å². The third-order valence-electron chi connectivity index (χ3n) is 5.95. The summed E-state index contributed by atoms with van der Waals surface area (Å²) < 4.78 is 26.0. The fraction of sp³-hybridized carbons (Fsp3) is 0.409. The number of aromatic hydroxyl groups is 1. The second-order valence-electron chi connectivity index (χ2n) is 8.18. The normalized spacial score (nSPS) is 16.3. The monoisotopic (exact) mass is 442 g/mol. The first-order valence-corrected chi connectivity index (χ1v) is 12.3. The SMILES string of the molecule is CS(=O)(=O)c1cccc2c(O)n([C@@H](CC3CCCCC3)C(=O)Nc3cnccn3)cc12. The summed E-state index contributed by atoms with van der Waals surface area (Å²) in [6, 6.07) is 4.06. The van der Waals surface area contributed by atoms with Gasteiger partial charge in [0.2, 0.25) is 5.91 Å². The number of nitrogens with one attached hydrogen (secondary N) is 1. The van der Waals surface area contributed by atoms with E-state index in [2.05, 4.69) is 15.3 Å². The number of hydrogen-bond acceptors (Lipinski definition) is 6. The Balaban J connectivity index is 1.76. The number of hydrogen-bond donors (Lipinski definition) is 2. The van der Waals surface area contributed by atoms with Gasteiger partial charge in [0.05, 0.1) is 11.1 Å². The summed E-state index contributed by atoms with van der Waals surface area (Å²) in [7, 11) is -3.50. The lowest BCUT2D eigenvalue weighted by atomic mass is 9.84. The third-order valence-corrected chi connectivity index (χ3v) is 7.11. The number of sulfone groups is 1. The van der Waals surface area contributed by atoms with Gasteiger partial charge in [-0.25, -0.2) is 13.4 Å². The van der Waals surface area contributed by atoms with E-state index in [0.29, 0.717) is 28.9 Å². The van der Waals surface area contributed by atoms with E-state index in [0.717, 1.165) is 31.9 Å². The van der Waals surface area contributed by atoms with Crippen LogP contribution >= 0.6 is 0 Å². The van der Waals surface area contributed by atoms with Crippen molar-refractivity contribution in [2.75, 3.05) is 11.6 Å². The van der Waals surface area contributed by atoms with Crippen LogP contribution < -0.4 is 5.32 Å². The van der Waals surface area contributed by atoms with Crippen molar-refractivity contribution in [3.8, 4) is 5.88 Å². The maximum Gasteiger partial charge on any atom is 0.248 e. The van der Waals surface area contributed by atoms with Crippen molar-refractivity contribution in [3.63, 3.8) is 0 Å². The zero-order valence-corrected chi connectivity index (χ0v) is 18.2. The van der Waals surface area contributed by atoms with Gasteiger partial charge < -0.3 is 15.0 Å². The summed E-state index contributed by atoms with van der Waals surface area (Å²) in [4.78, 5) is 21.5. The molecule has 1 atom stereocenters. The van der Waals surface area contributed by atoms with Crippen molar-refractivity contribution in [1.82, 2.24) is 14.5 Å². The molecule has 2 heterocycles. The maximum atomic E-state index is 13.3. The van der Waals surface area contributed by atoms with Crippen LogP contribution in [0.5, 0.6) is 5.88 Å². The highest BCUT2D eigenvalue weighted by Gasteiger charge is 2.29. The van der Waals surface area contributed by atoms with Crippen LogP contribution in [0.25, 0.3) is 10.8 Å². The van der Waals surface area contributed by atoms with Crippen molar-refractivity contribution < 1.29 is 18.3 Å². The van der Waals surface area contributed by atoms with E-state index in [-0.39, 0.29) is 16.7 Å². The molecule has 4 rings (SSSR count). The molecule has 0 saturated heterocycles. The summed E-state index contributed by atoms with van der Waals surface area (Å²) >= 11 is 0. The Kier molecular flexibility index (Phi) is 5.95. The largest absolute Gasteiger partial charge is 0.494 e. The Bertz CT molecular complexity index is 1180. The fourth-order valence-electron chi connectivity index (χ4n) is 4.43. The van der Waals surface area contributed by atoms with Crippen molar-refractivity contribution in [1.29, 1.82) is 0 Å². The van der Waals surface area contributed by atoms with E-state index in [4.69, 9.17) is 0 Å². The maximum absolute atomic E-state index is 13.3. The van der Waals surface area contributed by atoms with Crippen molar-refractivity contribution >= 4 is 32.3 Å². The van der Waals surface area contributed by atoms with Crippen LogP contribution in [0.1, 0.15) is 44.6 Å². The van der Waals surface area contributed by atoms with E-state index in [1.165, 1.54) is 35.6 Å². The number of carbonyl (C=O) groups is 1. The molecular formula is C22H26N4O4S. The van der Waals surface area contributed by atoms with Gasteiger partial charge in [0.1, 0.15) is 6.04 Å². The van der Waals surface area contributed by atoms with Crippen LogP contribution in [0.3, 0.4) is 0 Å². The summed E-state index contributed by atoms with van der Waals surface area (Å²) in [5.74, 6) is 0.248. The summed E-state index contributed by atoms with van der Waals surface area (Å²) in [5, 5.41) is 14.6.